The molecule has 0 unspecified atom stereocenters. The second-order valence-electron chi connectivity index (χ2n) is 4.81. The smallest absolute Gasteiger partial charge is 0.221 e. The summed E-state index contributed by atoms with van der Waals surface area (Å²) < 4.78 is 0. The highest BCUT2D eigenvalue weighted by Crippen LogP contribution is 2.28. The van der Waals surface area contributed by atoms with Crippen molar-refractivity contribution in [2.24, 2.45) is 5.73 Å². The van der Waals surface area contributed by atoms with Crippen LogP contribution in [0, 0.1) is 0 Å². The largest absolute Gasteiger partial charge is 0.356 e. The molecule has 1 saturated carbocycles. The zero-order valence-electron chi connectivity index (χ0n) is 10.3. The molecule has 0 saturated heterocycles. The Morgan fingerprint density at radius 3 is 2.69 bits per heavy atom. The Morgan fingerprint density at radius 2 is 2.06 bits per heavy atom. The summed E-state index contributed by atoms with van der Waals surface area (Å²) in [6, 6.07) is 0. The highest BCUT2D eigenvalue weighted by atomic mass is 16.1. The lowest BCUT2D eigenvalue weighted by atomic mass is 9.80. The number of carbonyl (C=O) groups excluding carboxylic acids is 1. The number of amides is 1. The lowest BCUT2D eigenvalue weighted by Gasteiger charge is -2.32. The highest BCUT2D eigenvalue weighted by molar-refractivity contribution is 5.77. The van der Waals surface area contributed by atoms with Crippen LogP contribution in [-0.4, -0.2) is 18.0 Å². The minimum Gasteiger partial charge on any atom is -0.356 e. The van der Waals surface area contributed by atoms with E-state index in [-0.39, 0.29) is 11.4 Å². The van der Waals surface area contributed by atoms with Crippen LogP contribution in [0.25, 0.3) is 0 Å². The van der Waals surface area contributed by atoms with E-state index in [4.69, 9.17) is 5.73 Å². The lowest BCUT2D eigenvalue weighted by molar-refractivity contribution is -0.122. The molecule has 0 bridgehead atoms. The molecule has 0 spiro atoms. The van der Waals surface area contributed by atoms with E-state index < -0.39 is 0 Å². The number of nitrogens with one attached hydrogen (secondary N) is 1. The van der Waals surface area contributed by atoms with E-state index in [0.717, 1.165) is 25.8 Å². The standard InChI is InChI=1S/C13H24N2O/c1-2-3-7-10-15-12(16)11-13(14)8-5-4-6-9-13/h2-3H,4-11,14H2,1H3,(H,15,16)/b3-2+. The molecule has 16 heavy (non-hydrogen) atoms. The summed E-state index contributed by atoms with van der Waals surface area (Å²) in [5.41, 5.74) is 5.98. The molecule has 92 valence electrons. The van der Waals surface area contributed by atoms with Crippen LogP contribution >= 0.6 is 0 Å². The second-order valence-corrected chi connectivity index (χ2v) is 4.81. The Bertz CT molecular complexity index is 242. The molecule has 1 fully saturated rings. The monoisotopic (exact) mass is 224 g/mol. The molecular weight excluding hydrogens is 200 g/mol. The van der Waals surface area contributed by atoms with E-state index in [0.29, 0.717) is 6.42 Å². The van der Waals surface area contributed by atoms with Crippen LogP contribution in [0.3, 0.4) is 0 Å². The topological polar surface area (TPSA) is 55.1 Å². The Labute approximate surface area is 98.5 Å². The van der Waals surface area contributed by atoms with Gasteiger partial charge < -0.3 is 11.1 Å². The first kappa shape index (κ1) is 13.2. The van der Waals surface area contributed by atoms with Crippen molar-refractivity contribution in [1.82, 2.24) is 5.32 Å². The number of rotatable bonds is 5. The van der Waals surface area contributed by atoms with Gasteiger partial charge in [-0.3, -0.25) is 4.79 Å². The minimum atomic E-state index is -0.233. The average molecular weight is 224 g/mol. The van der Waals surface area contributed by atoms with E-state index in [2.05, 4.69) is 11.4 Å². The molecule has 0 aromatic heterocycles. The maximum Gasteiger partial charge on any atom is 0.221 e. The Hall–Kier alpha value is -0.830. The van der Waals surface area contributed by atoms with Gasteiger partial charge in [-0.05, 0) is 26.2 Å². The number of carbonyl (C=O) groups is 1. The van der Waals surface area contributed by atoms with Crippen molar-refractivity contribution in [3.05, 3.63) is 12.2 Å². The first-order chi connectivity index (χ1) is 7.66. The maximum absolute atomic E-state index is 11.7. The third-order valence-corrected chi connectivity index (χ3v) is 3.23. The molecule has 1 rings (SSSR count). The predicted octanol–water partition coefficient (Wildman–Crippen LogP) is 2.12. The van der Waals surface area contributed by atoms with Crippen molar-refractivity contribution in [3.8, 4) is 0 Å². The fourth-order valence-corrected chi connectivity index (χ4v) is 2.28. The lowest BCUT2D eigenvalue weighted by Crippen LogP contribution is -2.46. The first-order valence-corrected chi connectivity index (χ1v) is 6.33. The Kier molecular flexibility index (Phi) is 5.53. The van der Waals surface area contributed by atoms with Gasteiger partial charge in [0.25, 0.3) is 0 Å². The molecule has 0 aromatic rings. The van der Waals surface area contributed by atoms with Crippen molar-refractivity contribution >= 4 is 5.91 Å². The molecule has 1 amide bonds. The van der Waals surface area contributed by atoms with E-state index in [1.807, 2.05) is 13.0 Å². The van der Waals surface area contributed by atoms with Crippen LogP contribution in [-0.2, 0) is 4.79 Å². The van der Waals surface area contributed by atoms with Gasteiger partial charge in [-0.15, -0.1) is 0 Å². The summed E-state index contributed by atoms with van der Waals surface area (Å²) in [6.45, 7) is 2.71. The van der Waals surface area contributed by atoms with Crippen LogP contribution in [0.15, 0.2) is 12.2 Å². The summed E-state index contributed by atoms with van der Waals surface area (Å²) in [5, 5.41) is 2.92. The summed E-state index contributed by atoms with van der Waals surface area (Å²) in [7, 11) is 0. The molecule has 3 N–H and O–H groups in total. The normalized spacial score (nSPS) is 19.9. The van der Waals surface area contributed by atoms with E-state index in [1.165, 1.54) is 19.3 Å². The predicted molar refractivity (Wildman–Crippen MR) is 67.1 cm³/mol. The molecular formula is C13H24N2O. The van der Waals surface area contributed by atoms with Crippen LogP contribution in [0.2, 0.25) is 0 Å². The molecule has 0 heterocycles. The fourth-order valence-electron chi connectivity index (χ4n) is 2.28. The van der Waals surface area contributed by atoms with Gasteiger partial charge in [0.15, 0.2) is 0 Å². The average Bonchev–Trinajstić information content (AvgIpc) is 2.25. The third kappa shape index (κ3) is 4.79. The van der Waals surface area contributed by atoms with Crippen LogP contribution in [0.4, 0.5) is 0 Å². The van der Waals surface area contributed by atoms with Gasteiger partial charge in [0.1, 0.15) is 0 Å². The van der Waals surface area contributed by atoms with Crippen LogP contribution in [0.1, 0.15) is 51.9 Å². The summed E-state index contributed by atoms with van der Waals surface area (Å²) >= 11 is 0. The van der Waals surface area contributed by atoms with Gasteiger partial charge in [-0.1, -0.05) is 31.4 Å². The van der Waals surface area contributed by atoms with Gasteiger partial charge in [-0.25, -0.2) is 0 Å². The first-order valence-electron chi connectivity index (χ1n) is 6.33. The van der Waals surface area contributed by atoms with Crippen LogP contribution in [0.5, 0.6) is 0 Å². The molecule has 0 radical (unpaired) electrons. The number of hydrogen-bond donors (Lipinski definition) is 2. The molecule has 1 aliphatic rings. The van der Waals surface area contributed by atoms with E-state index in [9.17, 15) is 4.79 Å². The summed E-state index contributed by atoms with van der Waals surface area (Å²) in [5.74, 6) is 0.105. The summed E-state index contributed by atoms with van der Waals surface area (Å²) in [6.07, 6.45) is 11.0. The van der Waals surface area contributed by atoms with Crippen molar-refractivity contribution < 1.29 is 4.79 Å². The Balaban J connectivity index is 2.21. The molecule has 3 heteroatoms. The van der Waals surface area contributed by atoms with Gasteiger partial charge in [0.2, 0.25) is 5.91 Å². The SMILES string of the molecule is C/C=C/CCNC(=O)CC1(N)CCCCC1. The van der Waals surface area contributed by atoms with Crippen LogP contribution < -0.4 is 11.1 Å². The van der Waals surface area contributed by atoms with Gasteiger partial charge in [0, 0.05) is 18.5 Å². The number of allylic oxidation sites excluding steroid dienone is 1. The fraction of sp³-hybridized carbons (Fsp3) is 0.769. The quantitative estimate of drug-likeness (QED) is 0.555. The van der Waals surface area contributed by atoms with Gasteiger partial charge >= 0.3 is 0 Å². The maximum atomic E-state index is 11.7. The second kappa shape index (κ2) is 6.69. The van der Waals surface area contributed by atoms with Crippen molar-refractivity contribution in [1.29, 1.82) is 0 Å². The molecule has 0 aromatic carbocycles. The third-order valence-electron chi connectivity index (χ3n) is 3.23. The van der Waals surface area contributed by atoms with Crippen molar-refractivity contribution in [2.75, 3.05) is 6.54 Å². The van der Waals surface area contributed by atoms with E-state index in [1.54, 1.807) is 0 Å². The van der Waals surface area contributed by atoms with Crippen molar-refractivity contribution in [2.45, 2.75) is 57.4 Å². The molecule has 1 aliphatic carbocycles. The Morgan fingerprint density at radius 1 is 1.38 bits per heavy atom. The molecule has 0 aliphatic heterocycles. The van der Waals surface area contributed by atoms with Gasteiger partial charge in [-0.2, -0.15) is 0 Å². The van der Waals surface area contributed by atoms with Crippen molar-refractivity contribution in [3.63, 3.8) is 0 Å². The van der Waals surface area contributed by atoms with Gasteiger partial charge in [0.05, 0.1) is 0 Å². The minimum absolute atomic E-state index is 0.105. The summed E-state index contributed by atoms with van der Waals surface area (Å²) in [4.78, 5) is 11.7. The van der Waals surface area contributed by atoms with E-state index >= 15 is 0 Å². The molecule has 0 atom stereocenters. The highest BCUT2D eigenvalue weighted by Gasteiger charge is 2.29. The zero-order chi connectivity index (χ0) is 11.9. The molecule has 3 nitrogen and oxygen atoms in total. The number of hydrogen-bond acceptors (Lipinski definition) is 2. The zero-order valence-corrected chi connectivity index (χ0v) is 10.3. The number of nitrogens with two attached hydrogens (primary N) is 1.